The van der Waals surface area contributed by atoms with Crippen LogP contribution in [-0.4, -0.2) is 27.9 Å². The van der Waals surface area contributed by atoms with Crippen LogP contribution in [0.1, 0.15) is 79.8 Å². The molecule has 0 aliphatic carbocycles. The Morgan fingerprint density at radius 2 is 1.86 bits per heavy atom. The average Bonchev–Trinajstić information content (AvgIpc) is 3.05. The summed E-state index contributed by atoms with van der Waals surface area (Å²) >= 11 is 0. The molecule has 156 valence electrons. The first-order valence-electron chi connectivity index (χ1n) is 10.5. The van der Waals surface area contributed by atoms with E-state index in [0.29, 0.717) is 24.0 Å². The van der Waals surface area contributed by atoms with Crippen molar-refractivity contribution in [2.24, 2.45) is 5.92 Å². The topological polar surface area (TPSA) is 76.0 Å². The molecule has 6 nitrogen and oxygen atoms in total. The van der Waals surface area contributed by atoms with E-state index in [0.717, 1.165) is 42.8 Å². The van der Waals surface area contributed by atoms with Crippen molar-refractivity contribution in [1.29, 1.82) is 0 Å². The number of anilines is 1. The monoisotopic (exact) mass is 396 g/mol. The fourth-order valence-corrected chi connectivity index (χ4v) is 3.70. The van der Waals surface area contributed by atoms with Gasteiger partial charge in [-0.25, -0.2) is 4.98 Å². The van der Waals surface area contributed by atoms with Crippen molar-refractivity contribution >= 4 is 17.5 Å². The van der Waals surface area contributed by atoms with Gasteiger partial charge in [-0.15, -0.1) is 0 Å². The second-order valence-electron chi connectivity index (χ2n) is 9.19. The maximum Gasteiger partial charge on any atom is 0.287 e. The number of nitrogens with zero attached hydrogens (tertiary/aromatic N) is 2. The van der Waals surface area contributed by atoms with Crippen LogP contribution in [0.15, 0.2) is 24.3 Å². The molecule has 0 unspecified atom stereocenters. The zero-order valence-electron chi connectivity index (χ0n) is 18.1. The molecule has 2 N–H and O–H groups in total. The van der Waals surface area contributed by atoms with Crippen LogP contribution in [0.5, 0.6) is 0 Å². The van der Waals surface area contributed by atoms with E-state index in [1.54, 1.807) is 0 Å². The standard InChI is InChI=1S/C23H32N4O2/c1-15(2)14-24-22(29)20-26-19(18-12-8-9-13-27(18)20)21(28)25-17-11-7-6-10-16(17)23(3,4)5/h6-7,10-11,15H,8-9,12-14H2,1-5H3,(H,24,29)(H,25,28). The van der Waals surface area contributed by atoms with E-state index < -0.39 is 0 Å². The van der Waals surface area contributed by atoms with E-state index in [9.17, 15) is 9.59 Å². The number of amides is 2. The molecule has 3 rings (SSSR count). The quantitative estimate of drug-likeness (QED) is 0.797. The third-order valence-electron chi connectivity index (χ3n) is 5.19. The van der Waals surface area contributed by atoms with Crippen molar-refractivity contribution in [1.82, 2.24) is 14.9 Å². The first-order chi connectivity index (χ1) is 13.7. The van der Waals surface area contributed by atoms with Crippen molar-refractivity contribution in [3.05, 3.63) is 47.0 Å². The Balaban J connectivity index is 1.91. The highest BCUT2D eigenvalue weighted by Gasteiger charge is 2.28. The van der Waals surface area contributed by atoms with Crippen molar-refractivity contribution in [3.63, 3.8) is 0 Å². The van der Waals surface area contributed by atoms with Gasteiger partial charge >= 0.3 is 0 Å². The summed E-state index contributed by atoms with van der Waals surface area (Å²) in [6.07, 6.45) is 2.74. The number of aromatic nitrogens is 2. The fourth-order valence-electron chi connectivity index (χ4n) is 3.70. The molecule has 2 amide bonds. The SMILES string of the molecule is CC(C)CNC(=O)c1nc(C(=O)Nc2ccccc2C(C)(C)C)c2n1CCCC2. The van der Waals surface area contributed by atoms with Crippen LogP contribution in [0.2, 0.25) is 0 Å². The highest BCUT2D eigenvalue weighted by Crippen LogP contribution is 2.30. The van der Waals surface area contributed by atoms with E-state index in [2.05, 4.69) is 36.4 Å². The number of rotatable bonds is 5. The van der Waals surface area contributed by atoms with Gasteiger partial charge in [0, 0.05) is 18.8 Å². The number of nitrogens with one attached hydrogen (secondary N) is 2. The summed E-state index contributed by atoms with van der Waals surface area (Å²) in [5.41, 5.74) is 2.98. The minimum Gasteiger partial charge on any atom is -0.349 e. The highest BCUT2D eigenvalue weighted by atomic mass is 16.2. The molecule has 0 bridgehead atoms. The van der Waals surface area contributed by atoms with E-state index in [4.69, 9.17) is 0 Å². The summed E-state index contributed by atoms with van der Waals surface area (Å²) in [4.78, 5) is 30.3. The summed E-state index contributed by atoms with van der Waals surface area (Å²) < 4.78 is 1.92. The van der Waals surface area contributed by atoms with Gasteiger partial charge in [0.1, 0.15) is 0 Å². The van der Waals surface area contributed by atoms with E-state index in [1.807, 2.05) is 42.7 Å². The Morgan fingerprint density at radius 3 is 2.55 bits per heavy atom. The van der Waals surface area contributed by atoms with Crippen LogP contribution < -0.4 is 10.6 Å². The first-order valence-corrected chi connectivity index (χ1v) is 10.5. The van der Waals surface area contributed by atoms with Crippen LogP contribution in [0, 0.1) is 5.92 Å². The van der Waals surface area contributed by atoms with Crippen LogP contribution in [0.3, 0.4) is 0 Å². The molecule has 2 aromatic rings. The number of imidazole rings is 1. The third-order valence-corrected chi connectivity index (χ3v) is 5.19. The summed E-state index contributed by atoms with van der Waals surface area (Å²) in [5.74, 6) is 0.229. The molecule has 0 radical (unpaired) electrons. The number of para-hydroxylation sites is 1. The molecule has 29 heavy (non-hydrogen) atoms. The Labute approximate surface area is 173 Å². The molecule has 0 atom stereocenters. The molecular formula is C23H32N4O2. The maximum atomic E-state index is 13.1. The minimum absolute atomic E-state index is 0.0978. The average molecular weight is 397 g/mol. The van der Waals surface area contributed by atoms with E-state index in [1.165, 1.54) is 0 Å². The van der Waals surface area contributed by atoms with Gasteiger partial charge in [-0.3, -0.25) is 9.59 Å². The number of carbonyl (C=O) groups excluding carboxylic acids is 2. The smallest absolute Gasteiger partial charge is 0.287 e. The molecule has 6 heteroatoms. The molecule has 1 aromatic heterocycles. The Hall–Kier alpha value is -2.63. The minimum atomic E-state index is -0.254. The first kappa shape index (κ1) is 21.1. The molecule has 2 heterocycles. The van der Waals surface area contributed by atoms with Gasteiger partial charge in [-0.2, -0.15) is 0 Å². The van der Waals surface area contributed by atoms with Crippen molar-refractivity contribution in [3.8, 4) is 0 Å². The molecule has 0 saturated carbocycles. The van der Waals surface area contributed by atoms with Gasteiger partial charge in [0.15, 0.2) is 11.5 Å². The zero-order valence-corrected chi connectivity index (χ0v) is 18.1. The number of fused-ring (bicyclic) bond motifs is 1. The van der Waals surface area contributed by atoms with E-state index in [-0.39, 0.29) is 17.2 Å². The number of benzene rings is 1. The summed E-state index contributed by atoms with van der Waals surface area (Å²) in [6.45, 7) is 11.8. The van der Waals surface area contributed by atoms with Gasteiger partial charge in [0.25, 0.3) is 11.8 Å². The number of carbonyl (C=O) groups is 2. The Kier molecular flexibility index (Phi) is 6.10. The van der Waals surface area contributed by atoms with Crippen LogP contribution >= 0.6 is 0 Å². The fraction of sp³-hybridized carbons (Fsp3) is 0.522. The lowest BCUT2D eigenvalue weighted by molar-refractivity contribution is 0.0933. The number of hydrogen-bond donors (Lipinski definition) is 2. The van der Waals surface area contributed by atoms with Crippen molar-refractivity contribution < 1.29 is 9.59 Å². The molecular weight excluding hydrogens is 364 g/mol. The summed E-state index contributed by atoms with van der Waals surface area (Å²) in [7, 11) is 0. The van der Waals surface area contributed by atoms with Gasteiger partial charge in [0.2, 0.25) is 0 Å². The maximum absolute atomic E-state index is 13.1. The summed E-state index contributed by atoms with van der Waals surface area (Å²) in [5, 5.41) is 5.97. The molecule has 0 fully saturated rings. The molecule has 1 aromatic carbocycles. The molecule has 0 spiro atoms. The van der Waals surface area contributed by atoms with Gasteiger partial charge in [-0.05, 0) is 42.2 Å². The lowest BCUT2D eigenvalue weighted by Gasteiger charge is -2.23. The van der Waals surface area contributed by atoms with Gasteiger partial charge in [0.05, 0.1) is 5.69 Å². The lowest BCUT2D eigenvalue weighted by Crippen LogP contribution is -2.30. The largest absolute Gasteiger partial charge is 0.349 e. The molecule has 1 aliphatic rings. The lowest BCUT2D eigenvalue weighted by atomic mass is 9.86. The highest BCUT2D eigenvalue weighted by molar-refractivity contribution is 6.05. The van der Waals surface area contributed by atoms with Gasteiger partial charge in [-0.1, -0.05) is 52.8 Å². The van der Waals surface area contributed by atoms with Crippen LogP contribution in [-0.2, 0) is 18.4 Å². The Bertz CT molecular complexity index is 906. The van der Waals surface area contributed by atoms with Crippen molar-refractivity contribution in [2.45, 2.75) is 65.8 Å². The normalized spacial score (nSPS) is 13.9. The zero-order chi connectivity index (χ0) is 21.2. The van der Waals surface area contributed by atoms with E-state index >= 15 is 0 Å². The third kappa shape index (κ3) is 4.69. The van der Waals surface area contributed by atoms with Crippen molar-refractivity contribution in [2.75, 3.05) is 11.9 Å². The second-order valence-corrected chi connectivity index (χ2v) is 9.19. The second kappa shape index (κ2) is 8.39. The van der Waals surface area contributed by atoms with Crippen LogP contribution in [0.4, 0.5) is 5.69 Å². The predicted octanol–water partition coefficient (Wildman–Crippen LogP) is 4.16. The summed E-state index contributed by atoms with van der Waals surface area (Å²) in [6, 6.07) is 7.84. The predicted molar refractivity (Wildman–Crippen MR) is 115 cm³/mol. The molecule has 0 saturated heterocycles. The Morgan fingerprint density at radius 1 is 1.14 bits per heavy atom. The number of hydrogen-bond acceptors (Lipinski definition) is 3. The van der Waals surface area contributed by atoms with Gasteiger partial charge < -0.3 is 15.2 Å². The van der Waals surface area contributed by atoms with Crippen LogP contribution in [0.25, 0.3) is 0 Å². The molecule has 1 aliphatic heterocycles.